The Morgan fingerprint density at radius 2 is 1.83 bits per heavy atom. The van der Waals surface area contributed by atoms with Crippen molar-refractivity contribution < 1.29 is 14.3 Å². The van der Waals surface area contributed by atoms with Gasteiger partial charge in [-0.05, 0) is 45.4 Å². The number of allylic oxidation sites excluding steroid dienone is 1. The van der Waals surface area contributed by atoms with E-state index in [2.05, 4.69) is 6.08 Å². The number of carbonyl (C=O) groups is 2. The molecule has 5 nitrogen and oxygen atoms in total. The normalized spacial score (nSPS) is 31.4. The number of rotatable bonds is 2. The standard InChI is InChI=1S/C18H28N2O3/c1-13-10-20(11-14(2)23-13)18(22)9-17(21)19-8-7-15-5-3-4-6-16(15)12-19/h6,13-15H,3-5,7-12H2,1-2H3/t13-,14+,15?. The van der Waals surface area contributed by atoms with Crippen molar-refractivity contribution in [1.29, 1.82) is 0 Å². The van der Waals surface area contributed by atoms with Crippen molar-refractivity contribution in [2.45, 2.75) is 58.2 Å². The monoisotopic (exact) mass is 320 g/mol. The Bertz CT molecular complexity index is 492. The largest absolute Gasteiger partial charge is 0.372 e. The van der Waals surface area contributed by atoms with Crippen molar-refractivity contribution in [3.63, 3.8) is 0 Å². The lowest BCUT2D eigenvalue weighted by atomic mass is 9.82. The molecule has 0 saturated carbocycles. The van der Waals surface area contributed by atoms with E-state index in [0.717, 1.165) is 25.9 Å². The fourth-order valence-electron chi connectivity index (χ4n) is 4.09. The molecule has 0 spiro atoms. The fraction of sp³-hybridized carbons (Fsp3) is 0.778. The van der Waals surface area contributed by atoms with Crippen LogP contribution in [0.25, 0.3) is 0 Å². The molecule has 0 aromatic carbocycles. The molecule has 2 amide bonds. The predicted molar refractivity (Wildman–Crippen MR) is 87.8 cm³/mol. The van der Waals surface area contributed by atoms with Gasteiger partial charge in [-0.3, -0.25) is 9.59 Å². The summed E-state index contributed by atoms with van der Waals surface area (Å²) in [6.45, 7) is 6.64. The molecule has 0 aromatic heterocycles. The van der Waals surface area contributed by atoms with Crippen molar-refractivity contribution in [3.05, 3.63) is 11.6 Å². The Balaban J connectivity index is 1.54. The first-order chi connectivity index (χ1) is 11.0. The second kappa shape index (κ2) is 7.04. The molecule has 1 unspecified atom stereocenters. The van der Waals surface area contributed by atoms with E-state index in [1.165, 1.54) is 18.4 Å². The third-order valence-electron chi connectivity index (χ3n) is 5.24. The minimum absolute atomic E-state index is 0.00259. The maximum absolute atomic E-state index is 12.5. The maximum atomic E-state index is 12.5. The van der Waals surface area contributed by atoms with Crippen LogP contribution in [0.5, 0.6) is 0 Å². The molecule has 0 bridgehead atoms. The fourth-order valence-corrected chi connectivity index (χ4v) is 4.09. The number of ether oxygens (including phenoxy) is 1. The van der Waals surface area contributed by atoms with Gasteiger partial charge in [0.25, 0.3) is 0 Å². The van der Waals surface area contributed by atoms with Gasteiger partial charge < -0.3 is 14.5 Å². The summed E-state index contributed by atoms with van der Waals surface area (Å²) >= 11 is 0. The summed E-state index contributed by atoms with van der Waals surface area (Å²) in [5.74, 6) is 0.591. The van der Waals surface area contributed by atoms with Crippen LogP contribution in [0.4, 0.5) is 0 Å². The zero-order chi connectivity index (χ0) is 16.4. The van der Waals surface area contributed by atoms with E-state index < -0.39 is 0 Å². The SMILES string of the molecule is C[C@@H]1CN(C(=O)CC(=O)N2CCC3CCCC=C3C2)C[C@H](C)O1. The van der Waals surface area contributed by atoms with Crippen molar-refractivity contribution in [2.24, 2.45) is 5.92 Å². The molecule has 1 aliphatic carbocycles. The molecule has 3 aliphatic rings. The summed E-state index contributed by atoms with van der Waals surface area (Å²) in [7, 11) is 0. The van der Waals surface area contributed by atoms with E-state index in [9.17, 15) is 9.59 Å². The van der Waals surface area contributed by atoms with Crippen LogP contribution in [-0.4, -0.2) is 60.0 Å². The van der Waals surface area contributed by atoms with Gasteiger partial charge in [0.1, 0.15) is 6.42 Å². The van der Waals surface area contributed by atoms with Crippen molar-refractivity contribution >= 4 is 11.8 Å². The first-order valence-corrected chi connectivity index (χ1v) is 8.93. The van der Waals surface area contributed by atoms with Gasteiger partial charge in [0.2, 0.25) is 11.8 Å². The summed E-state index contributed by atoms with van der Waals surface area (Å²) in [6.07, 6.45) is 7.11. The van der Waals surface area contributed by atoms with E-state index in [-0.39, 0.29) is 30.4 Å². The van der Waals surface area contributed by atoms with E-state index in [1.807, 2.05) is 18.7 Å². The molecule has 5 heteroatoms. The van der Waals surface area contributed by atoms with E-state index in [1.54, 1.807) is 4.90 Å². The van der Waals surface area contributed by atoms with Gasteiger partial charge in [-0.1, -0.05) is 11.6 Å². The second-order valence-electron chi connectivity index (χ2n) is 7.24. The highest BCUT2D eigenvalue weighted by atomic mass is 16.5. The van der Waals surface area contributed by atoms with E-state index in [4.69, 9.17) is 4.74 Å². The lowest BCUT2D eigenvalue weighted by Gasteiger charge is -2.38. The van der Waals surface area contributed by atoms with E-state index in [0.29, 0.717) is 19.0 Å². The van der Waals surface area contributed by atoms with Crippen LogP contribution in [0, 0.1) is 5.92 Å². The quantitative estimate of drug-likeness (QED) is 0.577. The number of amides is 2. The van der Waals surface area contributed by atoms with E-state index >= 15 is 0 Å². The molecule has 128 valence electrons. The Kier molecular flexibility index (Phi) is 5.05. The van der Waals surface area contributed by atoms with Crippen molar-refractivity contribution in [3.8, 4) is 0 Å². The molecule has 0 radical (unpaired) electrons. The Labute approximate surface area is 138 Å². The molecule has 3 atom stereocenters. The predicted octanol–water partition coefficient (Wildman–Crippen LogP) is 1.97. The minimum Gasteiger partial charge on any atom is -0.372 e. The molecule has 2 saturated heterocycles. The Morgan fingerprint density at radius 3 is 2.57 bits per heavy atom. The molecule has 2 fully saturated rings. The van der Waals surface area contributed by atoms with Gasteiger partial charge in [-0.15, -0.1) is 0 Å². The molecule has 0 aromatic rings. The number of morpholine rings is 1. The van der Waals surface area contributed by atoms with Gasteiger partial charge in [0.15, 0.2) is 0 Å². The van der Waals surface area contributed by atoms with Gasteiger partial charge >= 0.3 is 0 Å². The molecule has 0 N–H and O–H groups in total. The third-order valence-corrected chi connectivity index (χ3v) is 5.24. The van der Waals surface area contributed by atoms with Gasteiger partial charge in [-0.2, -0.15) is 0 Å². The average molecular weight is 320 g/mol. The van der Waals surface area contributed by atoms with Crippen LogP contribution in [0.3, 0.4) is 0 Å². The zero-order valence-electron chi connectivity index (χ0n) is 14.3. The lowest BCUT2D eigenvalue weighted by molar-refractivity contribution is -0.148. The Morgan fingerprint density at radius 1 is 1.13 bits per heavy atom. The first kappa shape index (κ1) is 16.5. The molecular weight excluding hydrogens is 292 g/mol. The number of hydrogen-bond acceptors (Lipinski definition) is 3. The number of piperidine rings is 1. The number of nitrogens with zero attached hydrogens (tertiary/aromatic N) is 2. The lowest BCUT2D eigenvalue weighted by Crippen LogP contribution is -2.50. The molecule has 2 aliphatic heterocycles. The van der Waals surface area contributed by atoms with Crippen molar-refractivity contribution in [1.82, 2.24) is 9.80 Å². The highest BCUT2D eigenvalue weighted by Crippen LogP contribution is 2.32. The van der Waals surface area contributed by atoms with Crippen LogP contribution in [0.15, 0.2) is 11.6 Å². The summed E-state index contributed by atoms with van der Waals surface area (Å²) in [6, 6.07) is 0. The molecule has 3 rings (SSSR count). The Hall–Kier alpha value is -1.36. The minimum atomic E-state index is -0.0586. The van der Waals surface area contributed by atoms with Gasteiger partial charge in [-0.25, -0.2) is 0 Å². The summed E-state index contributed by atoms with van der Waals surface area (Å²) in [4.78, 5) is 28.6. The average Bonchev–Trinajstić information content (AvgIpc) is 2.53. The first-order valence-electron chi connectivity index (χ1n) is 8.93. The summed E-state index contributed by atoms with van der Waals surface area (Å²) in [5.41, 5.74) is 1.41. The van der Waals surface area contributed by atoms with Crippen LogP contribution >= 0.6 is 0 Å². The summed E-state index contributed by atoms with van der Waals surface area (Å²) in [5, 5.41) is 0. The highest BCUT2D eigenvalue weighted by Gasteiger charge is 2.31. The highest BCUT2D eigenvalue weighted by molar-refractivity contribution is 5.97. The zero-order valence-corrected chi connectivity index (χ0v) is 14.3. The topological polar surface area (TPSA) is 49.9 Å². The number of hydrogen-bond donors (Lipinski definition) is 0. The number of likely N-dealkylation sites (tertiary alicyclic amines) is 1. The van der Waals surface area contributed by atoms with Crippen LogP contribution in [0.1, 0.15) is 46.0 Å². The van der Waals surface area contributed by atoms with Crippen LogP contribution < -0.4 is 0 Å². The number of carbonyl (C=O) groups excluding carboxylic acids is 2. The maximum Gasteiger partial charge on any atom is 0.232 e. The number of fused-ring (bicyclic) bond motifs is 1. The van der Waals surface area contributed by atoms with Crippen LogP contribution in [-0.2, 0) is 14.3 Å². The molecule has 2 heterocycles. The van der Waals surface area contributed by atoms with Crippen molar-refractivity contribution in [2.75, 3.05) is 26.2 Å². The van der Waals surface area contributed by atoms with Gasteiger partial charge in [0, 0.05) is 26.2 Å². The molecule has 23 heavy (non-hydrogen) atoms. The summed E-state index contributed by atoms with van der Waals surface area (Å²) < 4.78 is 5.65. The second-order valence-corrected chi connectivity index (χ2v) is 7.24. The third kappa shape index (κ3) is 3.94. The smallest absolute Gasteiger partial charge is 0.232 e. The molecular formula is C18H28N2O3. The van der Waals surface area contributed by atoms with Gasteiger partial charge in [0.05, 0.1) is 12.2 Å². The van der Waals surface area contributed by atoms with Crippen LogP contribution in [0.2, 0.25) is 0 Å².